The van der Waals surface area contributed by atoms with Crippen molar-refractivity contribution in [2.75, 3.05) is 36.9 Å². The third kappa shape index (κ3) is 4.55. The highest BCUT2D eigenvalue weighted by Crippen LogP contribution is 2.40. The Morgan fingerprint density at radius 1 is 1.18 bits per heavy atom. The van der Waals surface area contributed by atoms with Gasteiger partial charge in [-0.1, -0.05) is 18.5 Å². The fourth-order valence-corrected chi connectivity index (χ4v) is 6.37. The third-order valence-electron chi connectivity index (χ3n) is 6.30. The van der Waals surface area contributed by atoms with E-state index in [-0.39, 0.29) is 66.6 Å². The van der Waals surface area contributed by atoms with Gasteiger partial charge >= 0.3 is 0 Å². The van der Waals surface area contributed by atoms with Crippen molar-refractivity contribution < 1.29 is 23.0 Å². The summed E-state index contributed by atoms with van der Waals surface area (Å²) >= 11 is 6.16. The number of phenols is 1. The maximum atomic E-state index is 13.1. The molecule has 2 fully saturated rings. The zero-order chi connectivity index (χ0) is 24.6. The molecule has 10 nitrogen and oxygen atoms in total. The van der Waals surface area contributed by atoms with Gasteiger partial charge in [0.2, 0.25) is 10.0 Å². The molecule has 2 saturated heterocycles. The lowest BCUT2D eigenvalue weighted by Crippen LogP contribution is -2.42. The van der Waals surface area contributed by atoms with Crippen molar-refractivity contribution in [3.8, 4) is 5.75 Å². The molecule has 0 aliphatic carbocycles. The van der Waals surface area contributed by atoms with E-state index in [0.717, 1.165) is 12.8 Å². The fraction of sp³-hybridized carbons (Fsp3) is 0.545. The van der Waals surface area contributed by atoms with Crippen LogP contribution in [0.1, 0.15) is 33.1 Å². The van der Waals surface area contributed by atoms with Gasteiger partial charge in [-0.3, -0.25) is 9.59 Å². The summed E-state index contributed by atoms with van der Waals surface area (Å²) in [5.41, 5.74) is -1.44. The minimum absolute atomic E-state index is 0.0400. The second-order valence-electron chi connectivity index (χ2n) is 8.54. The van der Waals surface area contributed by atoms with Crippen LogP contribution in [0, 0.1) is 0 Å². The van der Waals surface area contributed by atoms with Crippen molar-refractivity contribution in [2.24, 2.45) is 0 Å². The summed E-state index contributed by atoms with van der Waals surface area (Å²) in [6.45, 7) is 4.66. The fourth-order valence-electron chi connectivity index (χ4n) is 4.36. The molecule has 0 bridgehead atoms. The number of anilines is 3. The largest absolute Gasteiger partial charge is 0.504 e. The maximum Gasteiger partial charge on any atom is 0.253 e. The van der Waals surface area contributed by atoms with Crippen LogP contribution >= 0.6 is 11.6 Å². The van der Waals surface area contributed by atoms with E-state index in [1.165, 1.54) is 16.4 Å². The van der Waals surface area contributed by atoms with Crippen molar-refractivity contribution in [3.63, 3.8) is 0 Å². The van der Waals surface area contributed by atoms with Crippen LogP contribution in [0.5, 0.6) is 5.75 Å². The molecule has 2 aromatic carbocycles. The van der Waals surface area contributed by atoms with Crippen molar-refractivity contribution in [2.45, 2.75) is 56.3 Å². The van der Waals surface area contributed by atoms with Gasteiger partial charge in [0.15, 0.2) is 5.75 Å². The van der Waals surface area contributed by atoms with Crippen LogP contribution in [-0.2, 0) is 19.5 Å². The predicted octanol–water partition coefficient (Wildman–Crippen LogP) is 2.16. The average Bonchev–Trinajstić information content (AvgIpc) is 3.26. The number of hydrogen-bond donors (Lipinski definition) is 3. The summed E-state index contributed by atoms with van der Waals surface area (Å²) in [5, 5.41) is 16.5. The second-order valence-corrected chi connectivity index (χ2v) is 10.8. The number of rotatable bonds is 8. The van der Waals surface area contributed by atoms with Crippen LogP contribution in [0.2, 0.25) is 5.02 Å². The lowest BCUT2D eigenvalue weighted by molar-refractivity contribution is 0.0438. The highest BCUT2D eigenvalue weighted by atomic mass is 35.5. The van der Waals surface area contributed by atoms with Gasteiger partial charge in [0.1, 0.15) is 16.3 Å². The van der Waals surface area contributed by atoms with Gasteiger partial charge < -0.3 is 25.2 Å². The van der Waals surface area contributed by atoms with E-state index >= 15 is 0 Å². The lowest BCUT2D eigenvalue weighted by atomic mass is 10.0. The second kappa shape index (κ2) is 9.82. The van der Waals surface area contributed by atoms with Gasteiger partial charge in [-0.25, -0.2) is 8.42 Å². The van der Waals surface area contributed by atoms with Crippen LogP contribution in [0.4, 0.5) is 17.1 Å². The highest BCUT2D eigenvalue weighted by Gasteiger charge is 2.34. The first-order valence-electron chi connectivity index (χ1n) is 11.3. The van der Waals surface area contributed by atoms with Crippen molar-refractivity contribution in [1.82, 2.24) is 4.31 Å². The van der Waals surface area contributed by atoms with Crippen LogP contribution in [-0.4, -0.2) is 62.4 Å². The number of hydrogen-bond acceptors (Lipinski definition) is 9. The summed E-state index contributed by atoms with van der Waals surface area (Å²) in [7, 11) is -4.12. The van der Waals surface area contributed by atoms with Crippen molar-refractivity contribution >= 4 is 38.7 Å². The maximum absolute atomic E-state index is 13.1. The quantitative estimate of drug-likeness (QED) is 0.358. The van der Waals surface area contributed by atoms with Crippen molar-refractivity contribution in [1.29, 1.82) is 0 Å². The first-order chi connectivity index (χ1) is 16.1. The molecule has 0 aromatic heterocycles. The number of phenolic OH excluding ortho intramolecular Hbond substituents is 1. The first-order valence-corrected chi connectivity index (χ1v) is 13.1. The lowest BCUT2D eigenvalue weighted by Gasteiger charge is -2.27. The zero-order valence-electron chi connectivity index (χ0n) is 19.0. The molecule has 34 heavy (non-hydrogen) atoms. The van der Waals surface area contributed by atoms with Gasteiger partial charge in [0.05, 0.1) is 42.2 Å². The Morgan fingerprint density at radius 2 is 1.85 bits per heavy atom. The van der Waals surface area contributed by atoms with Crippen molar-refractivity contribution in [3.05, 3.63) is 37.6 Å². The number of halogens is 1. The molecule has 2 aromatic rings. The molecule has 1 unspecified atom stereocenters. The molecular weight excluding hydrogens is 486 g/mol. The third-order valence-corrected chi connectivity index (χ3v) is 8.71. The Labute approximate surface area is 202 Å². The SMILES string of the molecule is CCC(Nc1c(Nc2ccc(Cl)c(S(=O)(=O)N3CCOCC3)c2O)c(=O)c1=O)[C@H]1CC[C@@H](C)O1. The smallest absolute Gasteiger partial charge is 0.253 e. The van der Waals surface area contributed by atoms with Crippen LogP contribution in [0.25, 0.3) is 0 Å². The van der Waals surface area contributed by atoms with E-state index in [9.17, 15) is 23.1 Å². The molecule has 3 N–H and O–H groups in total. The number of nitrogens with zero attached hydrogens (tertiary/aromatic N) is 1. The molecule has 2 aliphatic rings. The summed E-state index contributed by atoms with van der Waals surface area (Å²) in [6.07, 6.45) is 2.46. The van der Waals surface area contributed by atoms with Gasteiger partial charge in [-0.05, 0) is 38.3 Å². The molecule has 186 valence electrons. The Hall–Kier alpha value is -2.18. The predicted molar refractivity (Wildman–Crippen MR) is 129 cm³/mol. The van der Waals surface area contributed by atoms with Gasteiger partial charge in [-0.15, -0.1) is 0 Å². The molecule has 4 rings (SSSR count). The van der Waals surface area contributed by atoms with E-state index in [1.54, 1.807) is 0 Å². The van der Waals surface area contributed by atoms with E-state index in [0.29, 0.717) is 6.42 Å². The molecule has 2 heterocycles. The van der Waals surface area contributed by atoms with Gasteiger partial charge in [0.25, 0.3) is 10.9 Å². The number of sulfonamides is 1. The Bertz CT molecular complexity index is 1240. The summed E-state index contributed by atoms with van der Waals surface area (Å²) < 4.78 is 38.5. The number of ether oxygens (including phenoxy) is 2. The standard InChI is InChI=1S/C22H28ClN3O7S/c1-3-14(16-7-4-12(2)33-16)24-17-18(21(29)20(17)28)25-15-6-5-13(23)22(19(15)27)34(30,31)26-8-10-32-11-9-26/h5-6,12,14,16,24-25,27H,3-4,7-11H2,1-2H3/t12-,14?,16-/m1/s1. The van der Waals surface area contributed by atoms with E-state index < -0.39 is 31.5 Å². The number of nitrogens with one attached hydrogen (secondary N) is 2. The molecule has 0 amide bonds. The molecule has 0 spiro atoms. The average molecular weight is 514 g/mol. The Morgan fingerprint density at radius 3 is 2.47 bits per heavy atom. The minimum atomic E-state index is -4.12. The summed E-state index contributed by atoms with van der Waals surface area (Å²) in [4.78, 5) is 24.2. The summed E-state index contributed by atoms with van der Waals surface area (Å²) in [6, 6.07) is 2.50. The highest BCUT2D eigenvalue weighted by molar-refractivity contribution is 7.89. The van der Waals surface area contributed by atoms with Gasteiger partial charge in [0, 0.05) is 13.1 Å². The molecular formula is C22H28ClN3O7S. The molecule has 0 radical (unpaired) electrons. The molecule has 0 saturated carbocycles. The Balaban J connectivity index is 1.62. The first kappa shape index (κ1) is 24.9. The minimum Gasteiger partial charge on any atom is -0.504 e. The number of aromatic hydroxyl groups is 1. The van der Waals surface area contributed by atoms with Gasteiger partial charge in [-0.2, -0.15) is 4.31 Å². The summed E-state index contributed by atoms with van der Waals surface area (Å²) in [5.74, 6) is -0.627. The molecule has 12 heteroatoms. The van der Waals surface area contributed by atoms with E-state index in [1.807, 2.05) is 13.8 Å². The van der Waals surface area contributed by atoms with Crippen LogP contribution < -0.4 is 21.5 Å². The van der Waals surface area contributed by atoms with E-state index in [2.05, 4.69) is 10.6 Å². The van der Waals surface area contributed by atoms with Crippen LogP contribution in [0.3, 0.4) is 0 Å². The monoisotopic (exact) mass is 513 g/mol. The number of morpholine rings is 1. The number of benzene rings is 1. The van der Waals surface area contributed by atoms with Crippen LogP contribution in [0.15, 0.2) is 26.6 Å². The molecule has 2 aliphatic heterocycles. The normalized spacial score (nSPS) is 22.7. The molecule has 3 atom stereocenters. The topological polar surface area (TPSA) is 134 Å². The zero-order valence-corrected chi connectivity index (χ0v) is 20.5. The Kier molecular flexibility index (Phi) is 7.20. The van der Waals surface area contributed by atoms with E-state index in [4.69, 9.17) is 21.1 Å².